The van der Waals surface area contributed by atoms with Crippen LogP contribution in [0.4, 0.5) is 0 Å². The van der Waals surface area contributed by atoms with Gasteiger partial charge >= 0.3 is 0 Å². The molecule has 0 unspecified atom stereocenters. The Morgan fingerprint density at radius 3 is 2.00 bits per heavy atom. The third-order valence-corrected chi connectivity index (χ3v) is 1.98. The molecule has 1 fully saturated rings. The maximum Gasteiger partial charge on any atom is 0.139 e. The van der Waals surface area contributed by atoms with E-state index < -0.39 is 0 Å². The molecular weight excluding hydrogens is 192 g/mol. The largest absolute Gasteiger partial charge is 0.303 e. The third-order valence-electron chi connectivity index (χ3n) is 1.98. The average Bonchev–Trinajstić information content (AvgIpc) is 2.08. The molecular formula is C10H18N4O. The van der Waals surface area contributed by atoms with Crippen LogP contribution in [0.3, 0.4) is 0 Å². The van der Waals surface area contributed by atoms with Crippen LogP contribution in [-0.4, -0.2) is 55.4 Å². The Bertz CT molecular complexity index is 305. The van der Waals surface area contributed by atoms with Gasteiger partial charge < -0.3 is 10.0 Å². The Kier molecular flexibility index (Phi) is 3.82. The van der Waals surface area contributed by atoms with E-state index in [0.717, 1.165) is 11.4 Å². The Morgan fingerprint density at radius 2 is 1.47 bits per heavy atom. The smallest absolute Gasteiger partial charge is 0.139 e. The summed E-state index contributed by atoms with van der Waals surface area (Å²) in [5.41, 5.74) is 1.72. The monoisotopic (exact) mass is 210 g/mol. The number of hydrogen-bond donors (Lipinski definition) is 0. The fourth-order valence-corrected chi connectivity index (χ4v) is 1.46. The zero-order valence-electron chi connectivity index (χ0n) is 9.82. The first kappa shape index (κ1) is 11.7. The Balaban J connectivity index is 2.89. The van der Waals surface area contributed by atoms with Crippen molar-refractivity contribution in [1.29, 1.82) is 0 Å². The van der Waals surface area contributed by atoms with E-state index in [9.17, 15) is 4.79 Å². The van der Waals surface area contributed by atoms with Crippen LogP contribution >= 0.6 is 0 Å². The highest BCUT2D eigenvalue weighted by Gasteiger charge is 2.21. The minimum atomic E-state index is 0.244. The first-order valence-corrected chi connectivity index (χ1v) is 5.00. The molecule has 0 N–H and O–H groups in total. The molecule has 0 aromatic rings. The highest BCUT2D eigenvalue weighted by Crippen LogP contribution is 2.11. The normalized spacial score (nSPS) is 22.3. The lowest BCUT2D eigenvalue weighted by Gasteiger charge is -2.18. The van der Waals surface area contributed by atoms with Crippen molar-refractivity contribution in [2.45, 2.75) is 19.3 Å². The molecule has 0 aromatic heterocycles. The Morgan fingerprint density at radius 1 is 0.933 bits per heavy atom. The summed E-state index contributed by atoms with van der Waals surface area (Å²) in [6, 6.07) is 0. The fourth-order valence-electron chi connectivity index (χ4n) is 1.46. The van der Waals surface area contributed by atoms with E-state index in [1.807, 2.05) is 28.2 Å². The predicted octanol–water partition coefficient (Wildman–Crippen LogP) is 0.575. The molecule has 0 radical (unpaired) electrons. The van der Waals surface area contributed by atoms with E-state index >= 15 is 0 Å². The molecule has 1 aliphatic carbocycles. The summed E-state index contributed by atoms with van der Waals surface area (Å²) < 4.78 is 0. The lowest BCUT2D eigenvalue weighted by atomic mass is 9.95. The van der Waals surface area contributed by atoms with Gasteiger partial charge in [0.2, 0.25) is 0 Å². The number of hydrazone groups is 2. The zero-order valence-corrected chi connectivity index (χ0v) is 9.82. The number of carbonyl (C=O) groups is 1. The van der Waals surface area contributed by atoms with Crippen LogP contribution in [0.5, 0.6) is 0 Å². The maximum atomic E-state index is 11.3. The Labute approximate surface area is 90.4 Å². The summed E-state index contributed by atoms with van der Waals surface area (Å²) in [7, 11) is 7.44. The summed E-state index contributed by atoms with van der Waals surface area (Å²) in [4.78, 5) is 11.3. The molecule has 84 valence electrons. The van der Waals surface area contributed by atoms with Crippen molar-refractivity contribution in [2.24, 2.45) is 10.2 Å². The van der Waals surface area contributed by atoms with E-state index in [0.29, 0.717) is 19.3 Å². The zero-order chi connectivity index (χ0) is 11.4. The van der Waals surface area contributed by atoms with Gasteiger partial charge in [-0.2, -0.15) is 10.2 Å². The van der Waals surface area contributed by atoms with Gasteiger partial charge in [0.25, 0.3) is 0 Å². The van der Waals surface area contributed by atoms with E-state index in [4.69, 9.17) is 0 Å². The van der Waals surface area contributed by atoms with Gasteiger partial charge in [0, 0.05) is 41.0 Å². The van der Waals surface area contributed by atoms with Gasteiger partial charge in [0.15, 0.2) is 0 Å². The summed E-state index contributed by atoms with van der Waals surface area (Å²) in [6.07, 6.45) is 1.69. The highest BCUT2D eigenvalue weighted by atomic mass is 16.1. The first-order valence-electron chi connectivity index (χ1n) is 5.00. The molecule has 1 rings (SSSR count). The van der Waals surface area contributed by atoms with Gasteiger partial charge in [-0.25, -0.2) is 0 Å². The molecule has 1 aliphatic rings. The van der Waals surface area contributed by atoms with Gasteiger partial charge in [-0.05, 0) is 0 Å². The van der Waals surface area contributed by atoms with Crippen LogP contribution in [0, 0.1) is 0 Å². The van der Waals surface area contributed by atoms with Crippen molar-refractivity contribution >= 4 is 17.2 Å². The van der Waals surface area contributed by atoms with E-state index in [-0.39, 0.29) is 5.78 Å². The van der Waals surface area contributed by atoms with E-state index in [2.05, 4.69) is 10.2 Å². The van der Waals surface area contributed by atoms with Gasteiger partial charge in [-0.3, -0.25) is 4.79 Å². The number of hydrogen-bond acceptors (Lipinski definition) is 5. The van der Waals surface area contributed by atoms with Crippen LogP contribution in [-0.2, 0) is 4.79 Å². The van der Waals surface area contributed by atoms with Crippen LogP contribution in [0.2, 0.25) is 0 Å². The van der Waals surface area contributed by atoms with Crippen LogP contribution in [0.15, 0.2) is 10.2 Å². The number of rotatable bonds is 2. The molecule has 0 atom stereocenters. The summed E-state index contributed by atoms with van der Waals surface area (Å²) in [5, 5.41) is 12.1. The predicted molar refractivity (Wildman–Crippen MR) is 61.1 cm³/mol. The molecule has 0 saturated heterocycles. The fraction of sp³-hybridized carbons (Fsp3) is 0.700. The number of nitrogens with zero attached hydrogens (tertiary/aromatic N) is 4. The van der Waals surface area contributed by atoms with Gasteiger partial charge in [0.05, 0.1) is 17.8 Å². The molecule has 5 heteroatoms. The summed E-state index contributed by atoms with van der Waals surface area (Å²) >= 11 is 0. The summed E-state index contributed by atoms with van der Waals surface area (Å²) in [6.45, 7) is 0. The lowest BCUT2D eigenvalue weighted by Crippen LogP contribution is -2.29. The second-order valence-electron chi connectivity index (χ2n) is 4.00. The number of Topliss-reactive ketones (excluding diaryl/α,β-unsaturated/α-hetero) is 1. The van der Waals surface area contributed by atoms with Gasteiger partial charge in [-0.15, -0.1) is 0 Å². The molecule has 0 spiro atoms. The second kappa shape index (κ2) is 4.91. The minimum Gasteiger partial charge on any atom is -0.303 e. The van der Waals surface area contributed by atoms with Crippen LogP contribution in [0.25, 0.3) is 0 Å². The number of ketones is 1. The van der Waals surface area contributed by atoms with Crippen LogP contribution in [0.1, 0.15) is 19.3 Å². The van der Waals surface area contributed by atoms with Crippen molar-refractivity contribution in [3.63, 3.8) is 0 Å². The molecule has 0 aliphatic heterocycles. The topological polar surface area (TPSA) is 48.3 Å². The minimum absolute atomic E-state index is 0.244. The molecule has 1 saturated carbocycles. The third kappa shape index (κ3) is 3.69. The van der Waals surface area contributed by atoms with E-state index in [1.54, 1.807) is 10.0 Å². The molecule has 0 amide bonds. The molecule has 0 aromatic carbocycles. The quantitative estimate of drug-likeness (QED) is 0.626. The van der Waals surface area contributed by atoms with Crippen molar-refractivity contribution in [3.8, 4) is 0 Å². The molecule has 0 bridgehead atoms. The van der Waals surface area contributed by atoms with Crippen molar-refractivity contribution in [2.75, 3.05) is 28.2 Å². The molecule has 5 nitrogen and oxygen atoms in total. The number of carbonyl (C=O) groups excluding carboxylic acids is 1. The van der Waals surface area contributed by atoms with Crippen molar-refractivity contribution in [3.05, 3.63) is 0 Å². The van der Waals surface area contributed by atoms with Gasteiger partial charge in [0.1, 0.15) is 5.78 Å². The van der Waals surface area contributed by atoms with Gasteiger partial charge in [-0.1, -0.05) is 0 Å². The molecule has 15 heavy (non-hydrogen) atoms. The van der Waals surface area contributed by atoms with E-state index in [1.165, 1.54) is 0 Å². The lowest BCUT2D eigenvalue weighted by molar-refractivity contribution is -0.117. The first-order chi connectivity index (χ1) is 6.99. The van der Waals surface area contributed by atoms with Crippen LogP contribution < -0.4 is 0 Å². The SMILES string of the molecule is CN(C)/N=C1/CCC(=O)C/C1=N\N(C)C. The van der Waals surface area contributed by atoms with Crippen molar-refractivity contribution in [1.82, 2.24) is 10.0 Å². The highest BCUT2D eigenvalue weighted by molar-refractivity contribution is 6.46. The molecule has 0 heterocycles. The van der Waals surface area contributed by atoms with Crippen molar-refractivity contribution < 1.29 is 4.79 Å². The summed E-state index contributed by atoms with van der Waals surface area (Å²) in [5.74, 6) is 0.244. The maximum absolute atomic E-state index is 11.3. The average molecular weight is 210 g/mol. The standard InChI is InChI=1S/C10H18N4O/c1-13(2)11-9-6-5-8(15)7-10(9)12-14(3)4/h5-7H2,1-4H3/b11-9-,12-10+. The second-order valence-corrected chi connectivity index (χ2v) is 4.00. The Hall–Kier alpha value is -1.39.